The summed E-state index contributed by atoms with van der Waals surface area (Å²) in [4.78, 5) is -0.0825. The quantitative estimate of drug-likeness (QED) is 0.793. The van der Waals surface area contributed by atoms with Crippen molar-refractivity contribution in [1.29, 1.82) is 0 Å². The lowest BCUT2D eigenvalue weighted by molar-refractivity contribution is 0.110. The van der Waals surface area contributed by atoms with Gasteiger partial charge in [-0.05, 0) is 18.9 Å². The predicted octanol–water partition coefficient (Wildman–Crippen LogP) is 3.45. The lowest BCUT2D eigenvalue weighted by Crippen LogP contribution is -2.13. The van der Waals surface area contributed by atoms with Gasteiger partial charge in [0.15, 0.2) is 0 Å². The topological polar surface area (TPSA) is 18.5 Å². The average Bonchev–Trinajstić information content (AvgIpc) is 2.81. The molecule has 2 atom stereocenters. The van der Waals surface area contributed by atoms with Crippen molar-refractivity contribution in [2.45, 2.75) is 23.8 Å². The van der Waals surface area contributed by atoms with Gasteiger partial charge < -0.3 is 9.47 Å². The fourth-order valence-electron chi connectivity index (χ4n) is 1.89. The second-order valence-corrected chi connectivity index (χ2v) is 4.83. The first kappa shape index (κ1) is 11.9. The van der Waals surface area contributed by atoms with Crippen LogP contribution < -0.4 is 4.74 Å². The molecule has 4 heteroatoms. The lowest BCUT2D eigenvalue weighted by atomic mass is 10.0. The fourth-order valence-corrected chi connectivity index (χ4v) is 2.68. The van der Waals surface area contributed by atoms with Gasteiger partial charge in [-0.2, -0.15) is 0 Å². The molecular weight excluding hydrogens is 275 g/mol. The zero-order valence-corrected chi connectivity index (χ0v) is 10.7. The van der Waals surface area contributed by atoms with Crippen LogP contribution in [0.15, 0.2) is 18.2 Å². The number of hydrogen-bond acceptors (Lipinski definition) is 2. The maximum absolute atomic E-state index is 13.8. The summed E-state index contributed by atoms with van der Waals surface area (Å²) in [7, 11) is 1.53. The Morgan fingerprint density at radius 1 is 1.56 bits per heavy atom. The van der Waals surface area contributed by atoms with Crippen LogP contribution in [-0.4, -0.2) is 19.8 Å². The summed E-state index contributed by atoms with van der Waals surface area (Å²) in [6, 6.07) is 4.91. The first-order valence-corrected chi connectivity index (χ1v) is 6.23. The second kappa shape index (κ2) is 5.15. The van der Waals surface area contributed by atoms with Crippen molar-refractivity contribution in [3.8, 4) is 5.75 Å². The molecule has 1 heterocycles. The number of rotatable bonds is 3. The highest BCUT2D eigenvalue weighted by Crippen LogP contribution is 2.36. The number of halogens is 2. The van der Waals surface area contributed by atoms with E-state index in [1.807, 2.05) is 0 Å². The van der Waals surface area contributed by atoms with Gasteiger partial charge >= 0.3 is 0 Å². The third kappa shape index (κ3) is 2.38. The van der Waals surface area contributed by atoms with Crippen LogP contribution in [0.1, 0.15) is 23.2 Å². The largest absolute Gasteiger partial charge is 0.497 e. The van der Waals surface area contributed by atoms with Gasteiger partial charge in [-0.25, -0.2) is 4.39 Å². The number of ether oxygens (including phenoxy) is 2. The maximum atomic E-state index is 13.8. The number of hydrogen-bond donors (Lipinski definition) is 0. The number of methoxy groups -OCH3 is 1. The second-order valence-electron chi connectivity index (χ2n) is 3.84. The molecule has 0 N–H and O–H groups in total. The minimum Gasteiger partial charge on any atom is -0.497 e. The zero-order chi connectivity index (χ0) is 11.5. The van der Waals surface area contributed by atoms with Gasteiger partial charge in [-0.3, -0.25) is 0 Å². The summed E-state index contributed by atoms with van der Waals surface area (Å²) in [5.74, 6) is 0.282. The molecule has 0 aliphatic carbocycles. The van der Waals surface area contributed by atoms with Crippen LogP contribution in [-0.2, 0) is 4.74 Å². The Morgan fingerprint density at radius 3 is 2.94 bits per heavy atom. The summed E-state index contributed by atoms with van der Waals surface area (Å²) < 4.78 is 24.3. The zero-order valence-electron chi connectivity index (χ0n) is 9.08. The first-order valence-electron chi connectivity index (χ1n) is 5.31. The molecule has 1 saturated heterocycles. The smallest absolute Gasteiger partial charge is 0.131 e. The van der Waals surface area contributed by atoms with Crippen LogP contribution in [0.4, 0.5) is 4.39 Å². The van der Waals surface area contributed by atoms with Crippen LogP contribution in [0.2, 0.25) is 0 Å². The van der Waals surface area contributed by atoms with E-state index in [0.29, 0.717) is 11.3 Å². The summed E-state index contributed by atoms with van der Waals surface area (Å²) in [5.41, 5.74) is 0.632. The Kier molecular flexibility index (Phi) is 3.82. The standard InChI is InChI=1S/C12H14BrFO2/c1-15-8-4-5-9(10(14)7-8)12(13)11-3-2-6-16-11/h4-5,7,11-12H,2-3,6H2,1H3. The molecule has 2 rings (SSSR count). The van der Waals surface area contributed by atoms with Crippen molar-refractivity contribution in [2.75, 3.05) is 13.7 Å². The van der Waals surface area contributed by atoms with Crippen molar-refractivity contribution in [2.24, 2.45) is 0 Å². The van der Waals surface area contributed by atoms with Crippen molar-refractivity contribution in [3.63, 3.8) is 0 Å². The van der Waals surface area contributed by atoms with Crippen LogP contribution in [0.3, 0.4) is 0 Å². The summed E-state index contributed by atoms with van der Waals surface area (Å²) in [6.07, 6.45) is 2.09. The minimum atomic E-state index is -0.253. The molecule has 2 unspecified atom stereocenters. The normalized spacial score (nSPS) is 22.1. The van der Waals surface area contributed by atoms with E-state index in [4.69, 9.17) is 9.47 Å². The molecule has 0 spiro atoms. The summed E-state index contributed by atoms with van der Waals surface area (Å²) in [5, 5.41) is 0. The van der Waals surface area contributed by atoms with E-state index in [1.165, 1.54) is 13.2 Å². The molecule has 0 saturated carbocycles. The molecule has 0 bridgehead atoms. The third-order valence-electron chi connectivity index (χ3n) is 2.80. The molecule has 2 nitrogen and oxygen atoms in total. The molecule has 1 aliphatic heterocycles. The van der Waals surface area contributed by atoms with Crippen LogP contribution in [0.5, 0.6) is 5.75 Å². The molecule has 1 fully saturated rings. The van der Waals surface area contributed by atoms with E-state index in [1.54, 1.807) is 12.1 Å². The highest BCUT2D eigenvalue weighted by Gasteiger charge is 2.27. The Labute approximate surface area is 103 Å². The van der Waals surface area contributed by atoms with Gasteiger partial charge in [0, 0.05) is 18.2 Å². The molecule has 1 aromatic rings. The molecular formula is C12H14BrFO2. The molecule has 16 heavy (non-hydrogen) atoms. The predicted molar refractivity (Wildman–Crippen MR) is 63.6 cm³/mol. The molecule has 1 aliphatic rings. The van der Waals surface area contributed by atoms with E-state index in [-0.39, 0.29) is 16.7 Å². The van der Waals surface area contributed by atoms with E-state index < -0.39 is 0 Å². The summed E-state index contributed by atoms with van der Waals surface area (Å²) in [6.45, 7) is 0.768. The number of alkyl halides is 1. The minimum absolute atomic E-state index is 0.0721. The number of benzene rings is 1. The Balaban J connectivity index is 2.19. The monoisotopic (exact) mass is 288 g/mol. The Morgan fingerprint density at radius 2 is 2.38 bits per heavy atom. The average molecular weight is 289 g/mol. The molecule has 1 aromatic carbocycles. The van der Waals surface area contributed by atoms with Crippen molar-refractivity contribution >= 4 is 15.9 Å². The lowest BCUT2D eigenvalue weighted by Gasteiger charge is -2.18. The third-order valence-corrected chi connectivity index (χ3v) is 3.88. The van der Waals surface area contributed by atoms with Gasteiger partial charge in [-0.1, -0.05) is 22.0 Å². The SMILES string of the molecule is COc1ccc(C(Br)C2CCCO2)c(F)c1. The summed E-state index contributed by atoms with van der Waals surface area (Å²) >= 11 is 3.50. The van der Waals surface area contributed by atoms with E-state index in [0.717, 1.165) is 19.4 Å². The van der Waals surface area contributed by atoms with Crippen LogP contribution in [0.25, 0.3) is 0 Å². The highest BCUT2D eigenvalue weighted by molar-refractivity contribution is 9.09. The van der Waals surface area contributed by atoms with Gasteiger partial charge in [-0.15, -0.1) is 0 Å². The first-order chi connectivity index (χ1) is 7.72. The van der Waals surface area contributed by atoms with E-state index in [2.05, 4.69) is 15.9 Å². The van der Waals surface area contributed by atoms with Crippen molar-refractivity contribution in [3.05, 3.63) is 29.6 Å². The van der Waals surface area contributed by atoms with Gasteiger partial charge in [0.1, 0.15) is 11.6 Å². The molecule has 0 amide bonds. The van der Waals surface area contributed by atoms with Crippen molar-refractivity contribution < 1.29 is 13.9 Å². The van der Waals surface area contributed by atoms with Crippen molar-refractivity contribution in [1.82, 2.24) is 0 Å². The maximum Gasteiger partial charge on any atom is 0.131 e. The highest BCUT2D eigenvalue weighted by atomic mass is 79.9. The Bertz CT molecular complexity index is 364. The molecule has 0 aromatic heterocycles. The van der Waals surface area contributed by atoms with Gasteiger partial charge in [0.2, 0.25) is 0 Å². The van der Waals surface area contributed by atoms with E-state index >= 15 is 0 Å². The molecule has 88 valence electrons. The van der Waals surface area contributed by atoms with Crippen LogP contribution >= 0.6 is 15.9 Å². The van der Waals surface area contributed by atoms with Crippen LogP contribution in [0, 0.1) is 5.82 Å². The Hall–Kier alpha value is -0.610. The van der Waals surface area contributed by atoms with Gasteiger partial charge in [0.25, 0.3) is 0 Å². The molecule has 0 radical (unpaired) electrons. The van der Waals surface area contributed by atoms with Gasteiger partial charge in [0.05, 0.1) is 18.0 Å². The van der Waals surface area contributed by atoms with E-state index in [9.17, 15) is 4.39 Å². The fraction of sp³-hybridized carbons (Fsp3) is 0.500.